The minimum Gasteiger partial charge on any atom is -0.459 e. The van der Waals surface area contributed by atoms with Crippen molar-refractivity contribution in [3.05, 3.63) is 119 Å². The highest BCUT2D eigenvalue weighted by Crippen LogP contribution is 2.34. The summed E-state index contributed by atoms with van der Waals surface area (Å²) in [5.41, 5.74) is 1.79. The first kappa shape index (κ1) is 32.4. The van der Waals surface area contributed by atoms with E-state index in [1.54, 1.807) is 27.0 Å². The third kappa shape index (κ3) is 8.16. The monoisotopic (exact) mass is 640 g/mol. The number of β-lactam (4-membered cyclic amide) rings is 1. The predicted octanol–water partition coefficient (Wildman–Crippen LogP) is 6.49. The first-order valence-electron chi connectivity index (χ1n) is 15.0. The molecule has 1 saturated heterocycles. The molecule has 4 amide bonds. The fourth-order valence-electron chi connectivity index (χ4n) is 5.15. The van der Waals surface area contributed by atoms with Gasteiger partial charge < -0.3 is 14.8 Å². The summed E-state index contributed by atoms with van der Waals surface area (Å²) in [7, 11) is 0. The first-order valence-corrected chi connectivity index (χ1v) is 15.8. The third-order valence-corrected chi connectivity index (χ3v) is 8.27. The number of nitrogens with one attached hydrogen (secondary N) is 2. The van der Waals surface area contributed by atoms with E-state index >= 15 is 0 Å². The van der Waals surface area contributed by atoms with Gasteiger partial charge in [-0.1, -0.05) is 91.0 Å². The minimum atomic E-state index is -1.10. The number of carbonyl (C=O) groups is 4. The Morgan fingerprint density at radius 1 is 0.913 bits per heavy atom. The molecule has 0 spiro atoms. The summed E-state index contributed by atoms with van der Waals surface area (Å²) in [4.78, 5) is 58.9. The lowest BCUT2D eigenvalue weighted by Gasteiger charge is -2.44. The summed E-state index contributed by atoms with van der Waals surface area (Å²) in [5.74, 6) is -1.89. The molecule has 2 atom stereocenters. The summed E-state index contributed by atoms with van der Waals surface area (Å²) >= 11 is 1.25. The van der Waals surface area contributed by atoms with Gasteiger partial charge in [0.05, 0.1) is 12.0 Å². The number of aryl methyl sites for hydroxylation is 1. The smallest absolute Gasteiger partial charge is 0.413 e. The molecular formula is C35H36N4O6S. The second kappa shape index (κ2) is 14.4. The Balaban J connectivity index is 1.31. The highest BCUT2D eigenvalue weighted by Gasteiger charge is 2.55. The van der Waals surface area contributed by atoms with Crippen LogP contribution < -0.4 is 10.6 Å². The van der Waals surface area contributed by atoms with E-state index in [1.807, 2.05) is 91.0 Å². The van der Waals surface area contributed by atoms with Gasteiger partial charge in [-0.25, -0.2) is 24.3 Å². The quantitative estimate of drug-likeness (QED) is 0.150. The molecule has 10 nitrogen and oxygen atoms in total. The highest BCUT2D eigenvalue weighted by molar-refractivity contribution is 7.15. The Kier molecular flexibility index (Phi) is 10.1. The summed E-state index contributed by atoms with van der Waals surface area (Å²) in [6.07, 6.45) is 1.67. The lowest BCUT2D eigenvalue weighted by atomic mass is 9.83. The molecule has 0 radical (unpaired) electrons. The minimum absolute atomic E-state index is 0.0116. The number of imide groups is 1. The zero-order chi connectivity index (χ0) is 32.7. The molecule has 2 heterocycles. The van der Waals surface area contributed by atoms with E-state index in [2.05, 4.69) is 15.6 Å². The zero-order valence-corrected chi connectivity index (χ0v) is 26.7. The Bertz CT molecular complexity index is 1620. The molecule has 0 aliphatic carbocycles. The number of hydrogen-bond acceptors (Lipinski definition) is 8. The van der Waals surface area contributed by atoms with Gasteiger partial charge in [-0.3, -0.25) is 10.1 Å². The maximum Gasteiger partial charge on any atom is 0.413 e. The molecule has 1 aliphatic rings. The second-order valence-electron chi connectivity index (χ2n) is 11.9. The number of likely N-dealkylation sites (tertiary alicyclic amines) is 1. The van der Waals surface area contributed by atoms with Crippen LogP contribution in [0.25, 0.3) is 0 Å². The number of amides is 4. The molecule has 46 heavy (non-hydrogen) atoms. The van der Waals surface area contributed by atoms with Crippen LogP contribution in [0.15, 0.2) is 97.2 Å². The van der Waals surface area contributed by atoms with Crippen LogP contribution in [0.5, 0.6) is 0 Å². The van der Waals surface area contributed by atoms with Crippen LogP contribution in [0, 0.1) is 5.92 Å². The van der Waals surface area contributed by atoms with Crippen molar-refractivity contribution in [3.63, 3.8) is 0 Å². The average molecular weight is 641 g/mol. The first-order chi connectivity index (χ1) is 22.1. The number of benzene rings is 3. The van der Waals surface area contributed by atoms with Gasteiger partial charge in [0.1, 0.15) is 12.2 Å². The fourth-order valence-corrected chi connectivity index (χ4v) is 5.97. The molecule has 0 saturated carbocycles. The van der Waals surface area contributed by atoms with Crippen LogP contribution in [0.3, 0.4) is 0 Å². The van der Waals surface area contributed by atoms with Crippen LogP contribution >= 0.6 is 11.3 Å². The third-order valence-electron chi connectivity index (χ3n) is 7.29. The average Bonchev–Trinajstić information content (AvgIpc) is 3.48. The summed E-state index contributed by atoms with van der Waals surface area (Å²) in [5, 5.41) is 5.94. The topological polar surface area (TPSA) is 127 Å². The number of aromatic nitrogens is 1. The largest absolute Gasteiger partial charge is 0.459 e. The number of urea groups is 1. The summed E-state index contributed by atoms with van der Waals surface area (Å²) < 4.78 is 10.9. The normalized spacial score (nSPS) is 16.0. The van der Waals surface area contributed by atoms with Crippen LogP contribution in [-0.2, 0) is 32.1 Å². The number of hydrogen-bond donors (Lipinski definition) is 2. The lowest BCUT2D eigenvalue weighted by molar-refractivity contribution is -0.170. The molecule has 4 aromatic rings. The molecule has 2 N–H and O–H groups in total. The Morgan fingerprint density at radius 2 is 1.50 bits per heavy atom. The molecule has 1 aliphatic heterocycles. The van der Waals surface area contributed by atoms with Gasteiger partial charge in [-0.05, 0) is 50.3 Å². The molecule has 1 fully saturated rings. The van der Waals surface area contributed by atoms with Crippen molar-refractivity contribution in [2.75, 3.05) is 5.32 Å². The standard InChI is InChI=1S/C35H36N4O6S/c1-35(2,3)45-34(43)38-32-36-21-26(46-32)19-20-27-29(31(41)44-22-23-13-7-4-8-14-23)39(30(27)40)33(42)37-28(24-15-9-5-10-16-24)25-17-11-6-12-18-25/h4-18,21,27-29H,19-20,22H2,1-3H3,(H,37,42)(H,36,38,43). The SMILES string of the molecule is CC(C)(C)OC(=O)Nc1ncc(CCC2C(=O)N(C(=O)NC(c3ccccc3)c3ccccc3)C2C(=O)OCc2ccccc2)s1. The lowest BCUT2D eigenvalue weighted by Crippen LogP contribution is -2.68. The second-order valence-corrected chi connectivity index (χ2v) is 13.0. The summed E-state index contributed by atoms with van der Waals surface area (Å²) in [6.45, 7) is 5.31. The molecule has 0 bridgehead atoms. The van der Waals surface area contributed by atoms with Crippen molar-refractivity contribution >= 4 is 40.5 Å². The molecule has 11 heteroatoms. The van der Waals surface area contributed by atoms with E-state index in [-0.39, 0.29) is 13.0 Å². The molecule has 1 aromatic heterocycles. The highest BCUT2D eigenvalue weighted by atomic mass is 32.1. The Labute approximate surface area is 271 Å². The van der Waals surface area contributed by atoms with E-state index in [1.165, 1.54) is 11.3 Å². The zero-order valence-electron chi connectivity index (χ0n) is 25.8. The molecule has 3 aromatic carbocycles. The van der Waals surface area contributed by atoms with Gasteiger partial charge in [0.2, 0.25) is 5.91 Å². The number of thiazole rings is 1. The van der Waals surface area contributed by atoms with Gasteiger partial charge >= 0.3 is 18.1 Å². The van der Waals surface area contributed by atoms with Crippen molar-refractivity contribution in [1.29, 1.82) is 0 Å². The van der Waals surface area contributed by atoms with Gasteiger partial charge in [0, 0.05) is 11.1 Å². The van der Waals surface area contributed by atoms with Crippen LogP contribution in [0.4, 0.5) is 14.7 Å². The number of esters is 1. The number of ether oxygens (including phenoxy) is 2. The van der Waals surface area contributed by atoms with Crippen molar-refractivity contribution in [2.45, 2.75) is 57.9 Å². The van der Waals surface area contributed by atoms with Gasteiger partial charge in [0.25, 0.3) is 0 Å². The Morgan fingerprint density at radius 3 is 2.09 bits per heavy atom. The van der Waals surface area contributed by atoms with Gasteiger partial charge in [0.15, 0.2) is 11.2 Å². The van der Waals surface area contributed by atoms with Crippen LogP contribution in [-0.4, -0.2) is 45.5 Å². The predicted molar refractivity (Wildman–Crippen MR) is 174 cm³/mol. The van der Waals surface area contributed by atoms with Crippen molar-refractivity contribution in [3.8, 4) is 0 Å². The van der Waals surface area contributed by atoms with Crippen LogP contribution in [0.1, 0.15) is 54.8 Å². The van der Waals surface area contributed by atoms with Crippen molar-refractivity contribution < 1.29 is 28.7 Å². The molecule has 2 unspecified atom stereocenters. The molecule has 238 valence electrons. The van der Waals surface area contributed by atoms with Crippen molar-refractivity contribution in [2.24, 2.45) is 5.92 Å². The van der Waals surface area contributed by atoms with E-state index in [0.29, 0.717) is 11.6 Å². The summed E-state index contributed by atoms with van der Waals surface area (Å²) in [6, 6.07) is 25.7. The van der Waals surface area contributed by atoms with E-state index in [4.69, 9.17) is 9.47 Å². The van der Waals surface area contributed by atoms with Crippen LogP contribution in [0.2, 0.25) is 0 Å². The maximum atomic E-state index is 13.7. The van der Waals surface area contributed by atoms with E-state index in [9.17, 15) is 19.2 Å². The van der Waals surface area contributed by atoms with Gasteiger partial charge in [-0.15, -0.1) is 11.3 Å². The van der Waals surface area contributed by atoms with E-state index in [0.717, 1.165) is 26.5 Å². The maximum absolute atomic E-state index is 13.7. The fraction of sp³-hybridized carbons (Fsp3) is 0.286. The number of anilines is 1. The number of rotatable bonds is 10. The number of carbonyl (C=O) groups excluding carboxylic acids is 4. The Hall–Kier alpha value is -5.03. The van der Waals surface area contributed by atoms with Crippen molar-refractivity contribution in [1.82, 2.24) is 15.2 Å². The molecular weight excluding hydrogens is 604 g/mol. The molecule has 5 rings (SSSR count). The van der Waals surface area contributed by atoms with Gasteiger partial charge in [-0.2, -0.15) is 0 Å². The number of nitrogens with zero attached hydrogens (tertiary/aromatic N) is 2. The van der Waals surface area contributed by atoms with E-state index < -0.39 is 47.6 Å².